The van der Waals surface area contributed by atoms with E-state index >= 15 is 0 Å². The van der Waals surface area contributed by atoms with Gasteiger partial charge in [-0.15, -0.1) is 0 Å². The standard InChI is InChI=1S/C6H12O3.C6H12O2.C5H11NO4.C5H13NO2.C5H12O2.C4H10O.C3H8O/c1-6(7)5-9-4-3-8-2;1-6(8)4-2-3-5-7;6-10-4-3-9-2-1-5(7)8;1-7-4-5-8-3-2-6;1-2-4-7-5-3-6;1-3-4-5-2;1-2-3-4/h3-5H2,1-2H3;7H,2-5H2,1H3;1-4,6H2,(H,7,8);2-6H2,1H3;6H,2-5H2,1H3;3-4H2,1-2H3;4H,2-3H2,1H3. The number of aliphatic hydroxyl groups is 3. The molecule has 0 aliphatic heterocycles. The van der Waals surface area contributed by atoms with Crippen LogP contribution in [0.25, 0.3) is 0 Å². The van der Waals surface area contributed by atoms with Crippen molar-refractivity contribution < 1.29 is 72.8 Å². The van der Waals surface area contributed by atoms with Crippen LogP contribution < -0.4 is 11.6 Å². The van der Waals surface area contributed by atoms with Gasteiger partial charge in [-0.25, -0.2) is 5.90 Å². The van der Waals surface area contributed by atoms with Gasteiger partial charge in [-0.05, 0) is 46.0 Å². The maximum absolute atomic E-state index is 10.2. The van der Waals surface area contributed by atoms with Gasteiger partial charge in [0.1, 0.15) is 12.4 Å². The van der Waals surface area contributed by atoms with E-state index in [0.29, 0.717) is 72.4 Å². The van der Waals surface area contributed by atoms with Crippen LogP contribution in [0.5, 0.6) is 0 Å². The minimum absolute atomic E-state index is 0.0184. The predicted octanol–water partition coefficient (Wildman–Crippen LogP) is 1.79. The minimum Gasteiger partial charge on any atom is -0.481 e. The molecule has 0 heterocycles. The molecule has 0 saturated heterocycles. The van der Waals surface area contributed by atoms with Gasteiger partial charge in [-0.3, -0.25) is 9.59 Å². The van der Waals surface area contributed by atoms with Gasteiger partial charge >= 0.3 is 5.97 Å². The average Bonchev–Trinajstić information content (AvgIpc) is 3.10. The number of unbranched alkanes of at least 4 members (excludes halogenated alkanes) is 1. The summed E-state index contributed by atoms with van der Waals surface area (Å²) in [5.74, 6) is 4.06. The Bertz CT molecular complexity index is 580. The van der Waals surface area contributed by atoms with Crippen molar-refractivity contribution in [2.24, 2.45) is 11.6 Å². The molecular weight excluding hydrogens is 676 g/mol. The molecule has 0 unspecified atom stereocenters. The molecule has 0 amide bonds. The number of nitrogens with two attached hydrogens (primary N) is 2. The highest BCUT2D eigenvalue weighted by atomic mass is 16.6. The van der Waals surface area contributed by atoms with Crippen molar-refractivity contribution in [2.75, 3.05) is 127 Å². The van der Waals surface area contributed by atoms with Crippen LogP contribution in [0.1, 0.15) is 79.6 Å². The lowest BCUT2D eigenvalue weighted by molar-refractivity contribution is -0.138. The fourth-order valence-corrected chi connectivity index (χ4v) is 2.06. The normalized spacial score (nSPS) is 9.27. The second kappa shape index (κ2) is 73.7. The lowest BCUT2D eigenvalue weighted by atomic mass is 10.2. The molecule has 0 aromatic heterocycles. The molecule has 0 fully saturated rings. The summed E-state index contributed by atoms with van der Waals surface area (Å²) in [5.41, 5.74) is 5.14. The lowest BCUT2D eigenvalue weighted by Gasteiger charge is -1.98. The SMILES string of the molecule is CC(=O)CCCCO.CCCO.CCCOC.CCCOCCO.COCCOCC(C)=O.COCCOCCN.NOCCOCCC(=O)O. The Kier molecular flexibility index (Phi) is 92.8. The fraction of sp³-hybridized carbons (Fsp3) is 0.912. The highest BCUT2D eigenvalue weighted by Crippen LogP contribution is 1.93. The van der Waals surface area contributed by atoms with Gasteiger partial charge in [0, 0.05) is 60.7 Å². The van der Waals surface area contributed by atoms with E-state index in [1.807, 2.05) is 13.8 Å². The van der Waals surface area contributed by atoms with Crippen LogP contribution in [-0.2, 0) is 52.4 Å². The number of Topliss-reactive ketones (excluding diaryl/α,β-unsaturated/α-hetero) is 2. The van der Waals surface area contributed by atoms with Crippen LogP contribution in [0.4, 0.5) is 0 Å². The van der Waals surface area contributed by atoms with E-state index in [-0.39, 0.29) is 44.4 Å². The lowest BCUT2D eigenvalue weighted by Crippen LogP contribution is -2.11. The van der Waals surface area contributed by atoms with Gasteiger partial charge in [-0.1, -0.05) is 20.8 Å². The van der Waals surface area contributed by atoms with Gasteiger partial charge in [0.15, 0.2) is 5.78 Å². The number of aliphatic hydroxyl groups excluding tert-OH is 3. The van der Waals surface area contributed by atoms with Crippen molar-refractivity contribution >= 4 is 17.5 Å². The van der Waals surface area contributed by atoms with E-state index < -0.39 is 5.97 Å². The summed E-state index contributed by atoms with van der Waals surface area (Å²) in [7, 11) is 4.95. The smallest absolute Gasteiger partial charge is 0.305 e. The average molecular weight is 755 g/mol. The summed E-state index contributed by atoms with van der Waals surface area (Å²) in [6.45, 7) is 16.5. The molecule has 0 spiro atoms. The monoisotopic (exact) mass is 755 g/mol. The highest BCUT2D eigenvalue weighted by Gasteiger charge is 1.95. The molecule has 8 N–H and O–H groups in total. The van der Waals surface area contributed by atoms with E-state index in [9.17, 15) is 14.4 Å². The van der Waals surface area contributed by atoms with E-state index in [4.69, 9.17) is 54.6 Å². The maximum Gasteiger partial charge on any atom is 0.305 e. The number of carbonyl (C=O) groups is 3. The summed E-state index contributed by atoms with van der Waals surface area (Å²) < 4.78 is 33.6. The molecule has 51 heavy (non-hydrogen) atoms. The summed E-state index contributed by atoms with van der Waals surface area (Å²) in [4.78, 5) is 34.6. The van der Waals surface area contributed by atoms with Crippen molar-refractivity contribution in [1.29, 1.82) is 0 Å². The maximum atomic E-state index is 10.2. The number of hydrogen-bond donors (Lipinski definition) is 6. The Labute approximate surface area is 308 Å². The van der Waals surface area contributed by atoms with Crippen LogP contribution in [-0.4, -0.2) is 165 Å². The van der Waals surface area contributed by atoms with Crippen molar-refractivity contribution in [3.63, 3.8) is 0 Å². The molecule has 0 saturated carbocycles. The van der Waals surface area contributed by atoms with Crippen LogP contribution in [0, 0.1) is 0 Å². The number of carbonyl (C=O) groups excluding carboxylic acids is 2. The number of methoxy groups -OCH3 is 3. The molecule has 0 aromatic carbocycles. The number of carboxylic acids is 1. The van der Waals surface area contributed by atoms with Crippen molar-refractivity contribution in [2.45, 2.75) is 79.6 Å². The topological polar surface area (TPSA) is 258 Å². The molecule has 17 nitrogen and oxygen atoms in total. The van der Waals surface area contributed by atoms with Crippen LogP contribution in [0.15, 0.2) is 0 Å². The molecular formula is C34H78N2O15. The third-order valence-electron chi connectivity index (χ3n) is 4.39. The number of aliphatic carboxylic acids is 1. The van der Waals surface area contributed by atoms with Gasteiger partial charge in [0.2, 0.25) is 0 Å². The molecule has 0 aliphatic rings. The van der Waals surface area contributed by atoms with Crippen molar-refractivity contribution in [3.05, 3.63) is 0 Å². The van der Waals surface area contributed by atoms with Crippen molar-refractivity contribution in [3.8, 4) is 0 Å². The zero-order valence-corrected chi connectivity index (χ0v) is 33.2. The second-order valence-corrected chi connectivity index (χ2v) is 9.70. The zero-order valence-electron chi connectivity index (χ0n) is 33.2. The highest BCUT2D eigenvalue weighted by molar-refractivity contribution is 5.76. The van der Waals surface area contributed by atoms with E-state index in [0.717, 1.165) is 45.3 Å². The molecule has 0 aliphatic carbocycles. The Morgan fingerprint density at radius 2 is 1.02 bits per heavy atom. The van der Waals surface area contributed by atoms with Crippen LogP contribution >= 0.6 is 0 Å². The third-order valence-corrected chi connectivity index (χ3v) is 4.39. The Morgan fingerprint density at radius 3 is 1.37 bits per heavy atom. The summed E-state index contributed by atoms with van der Waals surface area (Å²) in [6, 6.07) is 0. The number of ketones is 2. The second-order valence-electron chi connectivity index (χ2n) is 9.70. The third kappa shape index (κ3) is 129. The molecule has 0 aromatic rings. The van der Waals surface area contributed by atoms with Gasteiger partial charge in [0.05, 0.1) is 72.5 Å². The number of ether oxygens (including phenoxy) is 7. The summed E-state index contributed by atoms with van der Waals surface area (Å²) >= 11 is 0. The first kappa shape index (κ1) is 64.3. The fourth-order valence-electron chi connectivity index (χ4n) is 2.06. The molecule has 0 atom stereocenters. The predicted molar refractivity (Wildman–Crippen MR) is 198 cm³/mol. The Balaban J connectivity index is -0.0000000900. The van der Waals surface area contributed by atoms with Crippen molar-refractivity contribution in [1.82, 2.24) is 0 Å². The summed E-state index contributed by atoms with van der Waals surface area (Å²) in [6.07, 6.45) is 5.23. The molecule has 0 radical (unpaired) electrons. The summed E-state index contributed by atoms with van der Waals surface area (Å²) in [5, 5.41) is 32.4. The Hall–Kier alpha value is -1.71. The first-order valence-electron chi connectivity index (χ1n) is 17.3. The van der Waals surface area contributed by atoms with E-state index in [2.05, 4.69) is 22.4 Å². The molecule has 0 bridgehead atoms. The van der Waals surface area contributed by atoms with Crippen LogP contribution in [0.3, 0.4) is 0 Å². The quantitative estimate of drug-likeness (QED) is 0.0516. The first-order chi connectivity index (χ1) is 24.5. The largest absolute Gasteiger partial charge is 0.481 e. The Morgan fingerprint density at radius 1 is 0.529 bits per heavy atom. The van der Waals surface area contributed by atoms with Gasteiger partial charge < -0.3 is 68.9 Å². The van der Waals surface area contributed by atoms with E-state index in [1.54, 1.807) is 28.3 Å². The van der Waals surface area contributed by atoms with E-state index in [1.165, 1.54) is 6.92 Å². The number of rotatable bonds is 27. The van der Waals surface area contributed by atoms with Crippen LogP contribution in [0.2, 0.25) is 0 Å². The molecule has 0 rings (SSSR count). The minimum atomic E-state index is -0.867. The molecule has 17 heteroatoms. The number of hydrogen-bond acceptors (Lipinski definition) is 16. The van der Waals surface area contributed by atoms with Gasteiger partial charge in [0.25, 0.3) is 0 Å². The number of carboxylic acid groups (broad SMARTS) is 1. The van der Waals surface area contributed by atoms with Gasteiger partial charge in [-0.2, -0.15) is 0 Å². The zero-order chi connectivity index (χ0) is 40.7. The first-order valence-corrected chi connectivity index (χ1v) is 17.3. The molecule has 314 valence electrons.